The predicted molar refractivity (Wildman–Crippen MR) is 58.8 cm³/mol. The fraction of sp³-hybridized carbons (Fsp3) is 0.545. The van der Waals surface area contributed by atoms with Gasteiger partial charge in [0.25, 0.3) is 0 Å². The van der Waals surface area contributed by atoms with Gasteiger partial charge < -0.3 is 5.73 Å². The van der Waals surface area contributed by atoms with Crippen LogP contribution >= 0.6 is 0 Å². The largest absolute Gasteiger partial charge is 0.329 e. The van der Waals surface area contributed by atoms with Gasteiger partial charge in [0.05, 0.1) is 0 Å². The summed E-state index contributed by atoms with van der Waals surface area (Å²) >= 11 is 0. The van der Waals surface area contributed by atoms with Crippen LogP contribution in [0.25, 0.3) is 0 Å². The van der Waals surface area contributed by atoms with Crippen LogP contribution in [-0.4, -0.2) is 29.0 Å². The molecule has 0 aliphatic rings. The smallest absolute Gasteiger partial charge is 0.0271 e. The highest BCUT2D eigenvalue weighted by molar-refractivity contribution is 5.09. The molecule has 3 heteroatoms. The van der Waals surface area contributed by atoms with Crippen molar-refractivity contribution < 1.29 is 0 Å². The van der Waals surface area contributed by atoms with Gasteiger partial charge in [0, 0.05) is 31.5 Å². The SMILES string of the molecule is CCN(Cc1ccncc1)C(C)CN. The lowest BCUT2D eigenvalue weighted by molar-refractivity contribution is 0.215. The number of likely N-dealkylation sites (N-methyl/N-ethyl adjacent to an activating group) is 1. The molecule has 0 saturated heterocycles. The third kappa shape index (κ3) is 3.09. The van der Waals surface area contributed by atoms with Gasteiger partial charge in [-0.15, -0.1) is 0 Å². The van der Waals surface area contributed by atoms with Crippen molar-refractivity contribution in [3.05, 3.63) is 30.1 Å². The first kappa shape index (κ1) is 11.1. The Morgan fingerprint density at radius 1 is 1.43 bits per heavy atom. The van der Waals surface area contributed by atoms with Gasteiger partial charge in [-0.05, 0) is 31.2 Å². The summed E-state index contributed by atoms with van der Waals surface area (Å²) in [5, 5.41) is 0. The van der Waals surface area contributed by atoms with Crippen LogP contribution in [0.4, 0.5) is 0 Å². The molecule has 1 heterocycles. The molecule has 1 rings (SSSR count). The maximum absolute atomic E-state index is 5.65. The van der Waals surface area contributed by atoms with E-state index in [1.165, 1.54) is 5.56 Å². The van der Waals surface area contributed by atoms with Crippen LogP contribution in [-0.2, 0) is 6.54 Å². The van der Waals surface area contributed by atoms with E-state index < -0.39 is 0 Å². The van der Waals surface area contributed by atoms with Crippen molar-refractivity contribution in [1.82, 2.24) is 9.88 Å². The highest BCUT2D eigenvalue weighted by atomic mass is 15.1. The van der Waals surface area contributed by atoms with Crippen LogP contribution in [0.5, 0.6) is 0 Å². The van der Waals surface area contributed by atoms with E-state index in [1.807, 2.05) is 24.5 Å². The average Bonchev–Trinajstić information content (AvgIpc) is 2.26. The Hall–Kier alpha value is -0.930. The van der Waals surface area contributed by atoms with Crippen molar-refractivity contribution >= 4 is 0 Å². The number of hydrogen-bond donors (Lipinski definition) is 1. The second kappa shape index (κ2) is 5.73. The summed E-state index contributed by atoms with van der Waals surface area (Å²) in [7, 11) is 0. The number of aromatic nitrogens is 1. The highest BCUT2D eigenvalue weighted by Gasteiger charge is 2.09. The van der Waals surface area contributed by atoms with E-state index in [2.05, 4.69) is 23.7 Å². The molecular weight excluding hydrogens is 174 g/mol. The summed E-state index contributed by atoms with van der Waals surface area (Å²) in [5.41, 5.74) is 6.94. The van der Waals surface area contributed by atoms with E-state index >= 15 is 0 Å². The normalized spacial score (nSPS) is 13.1. The molecule has 0 saturated carbocycles. The fourth-order valence-electron chi connectivity index (χ4n) is 1.45. The molecule has 1 aromatic heterocycles. The molecule has 0 amide bonds. The summed E-state index contributed by atoms with van der Waals surface area (Å²) in [6.45, 7) is 7.01. The van der Waals surface area contributed by atoms with E-state index in [0.29, 0.717) is 12.6 Å². The number of pyridine rings is 1. The summed E-state index contributed by atoms with van der Waals surface area (Å²) in [6.07, 6.45) is 3.66. The Morgan fingerprint density at radius 3 is 2.57 bits per heavy atom. The summed E-state index contributed by atoms with van der Waals surface area (Å²) in [5.74, 6) is 0. The van der Waals surface area contributed by atoms with E-state index in [0.717, 1.165) is 13.1 Å². The minimum absolute atomic E-state index is 0.438. The molecule has 3 nitrogen and oxygen atoms in total. The number of nitrogens with zero attached hydrogens (tertiary/aromatic N) is 2. The van der Waals surface area contributed by atoms with Crippen molar-refractivity contribution in [1.29, 1.82) is 0 Å². The first-order valence-corrected chi connectivity index (χ1v) is 5.11. The molecule has 0 fully saturated rings. The molecule has 0 bridgehead atoms. The molecule has 14 heavy (non-hydrogen) atoms. The van der Waals surface area contributed by atoms with E-state index in [1.54, 1.807) is 0 Å². The van der Waals surface area contributed by atoms with Crippen molar-refractivity contribution in [3.63, 3.8) is 0 Å². The molecule has 1 atom stereocenters. The molecule has 78 valence electrons. The second-order valence-electron chi connectivity index (χ2n) is 3.50. The maximum atomic E-state index is 5.65. The molecular formula is C11H19N3. The molecule has 0 aromatic carbocycles. The summed E-state index contributed by atoms with van der Waals surface area (Å²) in [6, 6.07) is 4.53. The quantitative estimate of drug-likeness (QED) is 0.765. The van der Waals surface area contributed by atoms with Gasteiger partial charge in [-0.3, -0.25) is 9.88 Å². The molecule has 0 aliphatic heterocycles. The summed E-state index contributed by atoms with van der Waals surface area (Å²) in [4.78, 5) is 6.36. The molecule has 1 unspecified atom stereocenters. The van der Waals surface area contributed by atoms with Crippen LogP contribution in [0.3, 0.4) is 0 Å². The lowest BCUT2D eigenvalue weighted by Crippen LogP contribution is -2.37. The van der Waals surface area contributed by atoms with Crippen LogP contribution in [0, 0.1) is 0 Å². The van der Waals surface area contributed by atoms with Crippen LogP contribution in [0.1, 0.15) is 19.4 Å². The minimum atomic E-state index is 0.438. The number of hydrogen-bond acceptors (Lipinski definition) is 3. The Morgan fingerprint density at radius 2 is 2.07 bits per heavy atom. The third-order valence-corrected chi connectivity index (χ3v) is 2.51. The van der Waals surface area contributed by atoms with Gasteiger partial charge in [0.1, 0.15) is 0 Å². The van der Waals surface area contributed by atoms with Crippen LogP contribution in [0.15, 0.2) is 24.5 Å². The topological polar surface area (TPSA) is 42.2 Å². The average molecular weight is 193 g/mol. The van der Waals surface area contributed by atoms with Gasteiger partial charge in [0.15, 0.2) is 0 Å². The van der Waals surface area contributed by atoms with Crippen LogP contribution < -0.4 is 5.73 Å². The van der Waals surface area contributed by atoms with Crippen LogP contribution in [0.2, 0.25) is 0 Å². The lowest BCUT2D eigenvalue weighted by atomic mass is 10.2. The zero-order valence-corrected chi connectivity index (χ0v) is 8.98. The van der Waals surface area contributed by atoms with Crippen molar-refractivity contribution in [2.75, 3.05) is 13.1 Å². The lowest BCUT2D eigenvalue weighted by Gasteiger charge is -2.26. The van der Waals surface area contributed by atoms with E-state index in [4.69, 9.17) is 5.73 Å². The van der Waals surface area contributed by atoms with Gasteiger partial charge in [-0.2, -0.15) is 0 Å². The molecule has 1 aromatic rings. The second-order valence-corrected chi connectivity index (χ2v) is 3.50. The maximum Gasteiger partial charge on any atom is 0.0271 e. The molecule has 2 N–H and O–H groups in total. The number of nitrogens with two attached hydrogens (primary N) is 1. The Labute approximate surface area is 85.9 Å². The van der Waals surface area contributed by atoms with Crippen molar-refractivity contribution in [2.45, 2.75) is 26.4 Å². The summed E-state index contributed by atoms with van der Waals surface area (Å²) < 4.78 is 0. The molecule has 0 radical (unpaired) electrons. The Bertz CT molecular complexity index is 248. The van der Waals surface area contributed by atoms with Crippen molar-refractivity contribution in [2.24, 2.45) is 5.73 Å². The fourth-order valence-corrected chi connectivity index (χ4v) is 1.45. The van der Waals surface area contributed by atoms with Gasteiger partial charge in [0.2, 0.25) is 0 Å². The first-order chi connectivity index (χ1) is 6.77. The monoisotopic (exact) mass is 193 g/mol. The molecule has 0 spiro atoms. The van der Waals surface area contributed by atoms with E-state index in [-0.39, 0.29) is 0 Å². The van der Waals surface area contributed by atoms with E-state index in [9.17, 15) is 0 Å². The third-order valence-electron chi connectivity index (χ3n) is 2.51. The van der Waals surface area contributed by atoms with Gasteiger partial charge in [-0.25, -0.2) is 0 Å². The van der Waals surface area contributed by atoms with Crippen molar-refractivity contribution in [3.8, 4) is 0 Å². The minimum Gasteiger partial charge on any atom is -0.329 e. The first-order valence-electron chi connectivity index (χ1n) is 5.11. The standard InChI is InChI=1S/C11H19N3/c1-3-14(10(2)8-12)9-11-4-6-13-7-5-11/h4-7,10H,3,8-9,12H2,1-2H3. The molecule has 0 aliphatic carbocycles. The zero-order chi connectivity index (χ0) is 10.4. The Kier molecular flexibility index (Phi) is 4.56. The van der Waals surface area contributed by atoms with Gasteiger partial charge in [-0.1, -0.05) is 6.92 Å². The predicted octanol–water partition coefficient (Wildman–Crippen LogP) is 1.25. The van der Waals surface area contributed by atoms with Gasteiger partial charge >= 0.3 is 0 Å². The number of rotatable bonds is 5. The Balaban J connectivity index is 2.57. The highest BCUT2D eigenvalue weighted by Crippen LogP contribution is 2.05. The zero-order valence-electron chi connectivity index (χ0n) is 8.98.